The van der Waals surface area contributed by atoms with Crippen LogP contribution in [0.3, 0.4) is 0 Å². The number of hydrogen-bond acceptors (Lipinski definition) is 10. The van der Waals surface area contributed by atoms with Crippen molar-refractivity contribution < 1.29 is 23.9 Å². The van der Waals surface area contributed by atoms with Crippen molar-refractivity contribution in [1.29, 1.82) is 0 Å². The predicted molar refractivity (Wildman–Crippen MR) is 119 cm³/mol. The van der Waals surface area contributed by atoms with Crippen LogP contribution in [0.4, 0.5) is 9.93 Å². The molecule has 3 aromatic rings. The van der Waals surface area contributed by atoms with Gasteiger partial charge in [0.15, 0.2) is 11.5 Å². The number of aromatic nitrogens is 1. The van der Waals surface area contributed by atoms with E-state index in [0.717, 1.165) is 22.0 Å². The normalized spacial score (nSPS) is 16.0. The maximum absolute atomic E-state index is 12.2. The Bertz CT molecular complexity index is 1160. The van der Waals surface area contributed by atoms with Gasteiger partial charge in [-0.15, -0.1) is 0 Å². The van der Waals surface area contributed by atoms with Crippen LogP contribution in [0.5, 0.6) is 11.5 Å². The molecule has 0 bridgehead atoms. The summed E-state index contributed by atoms with van der Waals surface area (Å²) >= 11 is 2.27. The first kappa shape index (κ1) is 20.8. The zero-order valence-corrected chi connectivity index (χ0v) is 17.8. The van der Waals surface area contributed by atoms with Crippen molar-refractivity contribution in [3.63, 3.8) is 0 Å². The van der Waals surface area contributed by atoms with E-state index in [4.69, 9.17) is 9.47 Å². The number of thiazole rings is 1. The first-order valence-electron chi connectivity index (χ1n) is 9.06. The smallest absolute Gasteiger partial charge is 0.312 e. The maximum atomic E-state index is 12.2. The third kappa shape index (κ3) is 5.01. The van der Waals surface area contributed by atoms with Crippen LogP contribution in [-0.2, 0) is 9.59 Å². The number of amides is 2. The fraction of sp³-hybridized carbons (Fsp3) is 0.150. The number of esters is 1. The maximum Gasteiger partial charge on any atom is 0.312 e. The number of carbonyl (C=O) groups excluding carboxylic acids is 3. The highest BCUT2D eigenvalue weighted by Crippen LogP contribution is 2.30. The lowest BCUT2D eigenvalue weighted by molar-refractivity contribution is -0.136. The van der Waals surface area contributed by atoms with Gasteiger partial charge < -0.3 is 9.47 Å². The molecule has 1 aliphatic rings. The molecule has 0 saturated carbocycles. The Morgan fingerprint density at radius 2 is 2.10 bits per heavy atom. The molecule has 9 nitrogen and oxygen atoms in total. The van der Waals surface area contributed by atoms with Crippen molar-refractivity contribution in [2.24, 2.45) is 5.10 Å². The van der Waals surface area contributed by atoms with Crippen molar-refractivity contribution in [3.8, 4) is 11.5 Å². The SMILES string of the molecule is COc1cc(/C=N/Nc2nc3ccccc3s2)ccc1OC(=O)CC1SC(=O)NC1=O. The highest BCUT2D eigenvalue weighted by molar-refractivity contribution is 8.15. The van der Waals surface area contributed by atoms with Gasteiger partial charge in [-0.3, -0.25) is 25.1 Å². The number of imide groups is 1. The number of fused-ring (bicyclic) bond motifs is 1. The minimum Gasteiger partial charge on any atom is -0.493 e. The zero-order valence-electron chi connectivity index (χ0n) is 16.2. The quantitative estimate of drug-likeness (QED) is 0.240. The summed E-state index contributed by atoms with van der Waals surface area (Å²) < 4.78 is 11.7. The molecule has 1 fully saturated rings. The molecule has 0 radical (unpaired) electrons. The van der Waals surface area contributed by atoms with Crippen LogP contribution in [0.25, 0.3) is 10.2 Å². The summed E-state index contributed by atoms with van der Waals surface area (Å²) in [5.74, 6) is -0.596. The minimum atomic E-state index is -0.786. The summed E-state index contributed by atoms with van der Waals surface area (Å²) in [6.45, 7) is 0. The average Bonchev–Trinajstić information content (AvgIpc) is 3.30. The van der Waals surface area contributed by atoms with Gasteiger partial charge in [-0.25, -0.2) is 4.98 Å². The van der Waals surface area contributed by atoms with Gasteiger partial charge >= 0.3 is 5.97 Å². The van der Waals surface area contributed by atoms with Crippen LogP contribution >= 0.6 is 23.1 Å². The molecule has 4 rings (SSSR count). The van der Waals surface area contributed by atoms with Gasteiger partial charge in [-0.2, -0.15) is 5.10 Å². The fourth-order valence-electron chi connectivity index (χ4n) is 2.77. The van der Waals surface area contributed by atoms with E-state index < -0.39 is 22.4 Å². The number of anilines is 1. The lowest BCUT2D eigenvalue weighted by Gasteiger charge is -2.10. The Labute approximate surface area is 184 Å². The molecule has 1 atom stereocenters. The van der Waals surface area contributed by atoms with Gasteiger partial charge in [-0.05, 0) is 35.9 Å². The topological polar surface area (TPSA) is 119 Å². The molecule has 1 aromatic heterocycles. The Kier molecular flexibility index (Phi) is 6.14. The van der Waals surface area contributed by atoms with Gasteiger partial charge in [0.05, 0.1) is 30.0 Å². The van der Waals surface area contributed by atoms with E-state index in [2.05, 4.69) is 20.8 Å². The van der Waals surface area contributed by atoms with Crippen LogP contribution in [0, 0.1) is 0 Å². The summed E-state index contributed by atoms with van der Waals surface area (Å²) in [4.78, 5) is 39.4. The molecule has 1 saturated heterocycles. The molecule has 2 amide bonds. The van der Waals surface area contributed by atoms with Crippen molar-refractivity contribution in [2.45, 2.75) is 11.7 Å². The molecular weight excluding hydrogens is 440 g/mol. The number of ether oxygens (including phenoxy) is 2. The highest BCUT2D eigenvalue weighted by atomic mass is 32.2. The molecule has 158 valence electrons. The van der Waals surface area contributed by atoms with Crippen LogP contribution in [0.1, 0.15) is 12.0 Å². The van der Waals surface area contributed by atoms with Gasteiger partial charge in [-0.1, -0.05) is 35.2 Å². The molecule has 1 unspecified atom stereocenters. The van der Waals surface area contributed by atoms with E-state index >= 15 is 0 Å². The van der Waals surface area contributed by atoms with Gasteiger partial charge in [0.1, 0.15) is 5.25 Å². The molecule has 2 heterocycles. The van der Waals surface area contributed by atoms with Gasteiger partial charge in [0, 0.05) is 0 Å². The lowest BCUT2D eigenvalue weighted by Crippen LogP contribution is -2.27. The summed E-state index contributed by atoms with van der Waals surface area (Å²) in [6.07, 6.45) is 1.37. The third-order valence-corrected chi connectivity index (χ3v) is 6.12. The number of carbonyl (C=O) groups is 3. The summed E-state index contributed by atoms with van der Waals surface area (Å²) in [7, 11) is 1.45. The average molecular weight is 457 g/mol. The first-order chi connectivity index (χ1) is 15.0. The number of nitrogens with zero attached hydrogens (tertiary/aromatic N) is 2. The van der Waals surface area contributed by atoms with Crippen molar-refractivity contribution in [1.82, 2.24) is 10.3 Å². The first-order valence-corrected chi connectivity index (χ1v) is 10.8. The van der Waals surface area contributed by atoms with E-state index in [-0.39, 0.29) is 12.2 Å². The number of nitrogens with one attached hydrogen (secondary N) is 2. The molecule has 2 N–H and O–H groups in total. The summed E-state index contributed by atoms with van der Waals surface area (Å²) in [5.41, 5.74) is 4.51. The Balaban J connectivity index is 1.39. The van der Waals surface area contributed by atoms with E-state index in [1.54, 1.807) is 24.4 Å². The van der Waals surface area contributed by atoms with E-state index in [1.807, 2.05) is 24.3 Å². The van der Waals surface area contributed by atoms with Crippen molar-refractivity contribution in [2.75, 3.05) is 12.5 Å². The van der Waals surface area contributed by atoms with E-state index in [0.29, 0.717) is 16.4 Å². The largest absolute Gasteiger partial charge is 0.493 e. The number of methoxy groups -OCH3 is 1. The van der Waals surface area contributed by atoms with E-state index in [9.17, 15) is 14.4 Å². The standard InChI is InChI=1S/C20H16N4O5S2/c1-28-14-8-11(10-21-24-19-22-12-4-2-3-5-15(12)30-19)6-7-13(14)29-17(25)9-16-18(26)23-20(27)31-16/h2-8,10,16H,9H2,1H3,(H,22,24)(H,23,26,27)/b21-10+. The van der Waals surface area contributed by atoms with Crippen LogP contribution in [-0.4, -0.2) is 40.7 Å². The predicted octanol–water partition coefficient (Wildman–Crippen LogP) is 3.40. The fourth-order valence-corrected chi connectivity index (χ4v) is 4.39. The van der Waals surface area contributed by atoms with Crippen LogP contribution in [0.2, 0.25) is 0 Å². The van der Waals surface area contributed by atoms with Gasteiger partial charge in [0.2, 0.25) is 11.0 Å². The molecule has 1 aliphatic heterocycles. The zero-order chi connectivity index (χ0) is 21.8. The second-order valence-electron chi connectivity index (χ2n) is 6.33. The lowest BCUT2D eigenvalue weighted by atomic mass is 10.2. The number of hydrogen-bond donors (Lipinski definition) is 2. The number of benzene rings is 2. The molecule has 0 spiro atoms. The summed E-state index contributed by atoms with van der Waals surface area (Å²) in [5, 5.41) is 5.73. The summed E-state index contributed by atoms with van der Waals surface area (Å²) in [6, 6.07) is 12.7. The highest BCUT2D eigenvalue weighted by Gasteiger charge is 2.34. The second-order valence-corrected chi connectivity index (χ2v) is 8.53. The van der Waals surface area contributed by atoms with Crippen molar-refractivity contribution in [3.05, 3.63) is 48.0 Å². The number of hydrazone groups is 1. The molecule has 2 aromatic carbocycles. The molecular formula is C20H16N4O5S2. The van der Waals surface area contributed by atoms with Crippen LogP contribution < -0.4 is 20.2 Å². The molecule has 11 heteroatoms. The Hall–Kier alpha value is -3.44. The number of thioether (sulfide) groups is 1. The van der Waals surface area contributed by atoms with Crippen molar-refractivity contribution >= 4 is 61.8 Å². The monoisotopic (exact) mass is 456 g/mol. The Morgan fingerprint density at radius 1 is 1.26 bits per heavy atom. The third-order valence-electron chi connectivity index (χ3n) is 4.20. The number of para-hydroxylation sites is 1. The number of rotatable bonds is 7. The minimum absolute atomic E-state index is 0.207. The molecule has 0 aliphatic carbocycles. The Morgan fingerprint density at radius 3 is 2.84 bits per heavy atom. The van der Waals surface area contributed by atoms with Crippen LogP contribution in [0.15, 0.2) is 47.6 Å². The second kappa shape index (κ2) is 9.14. The molecule has 31 heavy (non-hydrogen) atoms. The van der Waals surface area contributed by atoms with E-state index in [1.165, 1.54) is 18.4 Å². The van der Waals surface area contributed by atoms with Gasteiger partial charge in [0.25, 0.3) is 5.24 Å².